The lowest BCUT2D eigenvalue weighted by Gasteiger charge is -2.11. The third-order valence-corrected chi connectivity index (χ3v) is 1.76. The highest BCUT2D eigenvalue weighted by Crippen LogP contribution is 2.20. The first-order valence-electron chi connectivity index (χ1n) is 4.55. The molecule has 3 nitrogen and oxygen atoms in total. The Hall–Kier alpha value is -1.69. The molecule has 3 heteroatoms. The van der Waals surface area contributed by atoms with E-state index < -0.39 is 0 Å². The summed E-state index contributed by atoms with van der Waals surface area (Å²) in [6.07, 6.45) is 0.453. The standard InChI is InChI=1S/C11H14N2O/c1-8(2)14-10-3-4-11(13)9(7-10)5-6-12/h3-4,7-8H,5,13H2,1-2H3. The first-order chi connectivity index (χ1) is 6.63. The summed E-state index contributed by atoms with van der Waals surface area (Å²) in [4.78, 5) is 0. The van der Waals surface area contributed by atoms with Crippen LogP contribution in [0.2, 0.25) is 0 Å². The van der Waals surface area contributed by atoms with Crippen LogP contribution in [0.15, 0.2) is 18.2 Å². The van der Waals surface area contributed by atoms with Crippen LogP contribution in [0.1, 0.15) is 19.4 Å². The molecule has 0 aliphatic carbocycles. The van der Waals surface area contributed by atoms with E-state index in [1.807, 2.05) is 26.0 Å². The van der Waals surface area contributed by atoms with Crippen LogP contribution in [0, 0.1) is 11.3 Å². The fourth-order valence-corrected chi connectivity index (χ4v) is 1.17. The molecule has 1 rings (SSSR count). The minimum atomic E-state index is 0.133. The lowest BCUT2D eigenvalue weighted by molar-refractivity contribution is 0.242. The summed E-state index contributed by atoms with van der Waals surface area (Å²) in [5.74, 6) is 0.763. The normalized spacial score (nSPS) is 9.86. The van der Waals surface area contributed by atoms with Gasteiger partial charge in [0.1, 0.15) is 5.75 Å². The molecule has 0 aliphatic rings. The van der Waals surface area contributed by atoms with Gasteiger partial charge in [0.25, 0.3) is 0 Å². The number of benzene rings is 1. The van der Waals surface area contributed by atoms with Crippen molar-refractivity contribution in [3.63, 3.8) is 0 Å². The van der Waals surface area contributed by atoms with Crippen molar-refractivity contribution in [3.05, 3.63) is 23.8 Å². The molecule has 0 saturated heterocycles. The second kappa shape index (κ2) is 4.52. The van der Waals surface area contributed by atoms with Crippen LogP contribution in [0.4, 0.5) is 5.69 Å². The van der Waals surface area contributed by atoms with Gasteiger partial charge in [-0.15, -0.1) is 0 Å². The number of nitrogen functional groups attached to an aromatic ring is 1. The molecule has 0 radical (unpaired) electrons. The van der Waals surface area contributed by atoms with Gasteiger partial charge in [-0.05, 0) is 37.6 Å². The molecule has 0 unspecified atom stereocenters. The molecule has 1 aromatic rings. The van der Waals surface area contributed by atoms with E-state index in [1.165, 1.54) is 0 Å². The third-order valence-electron chi connectivity index (χ3n) is 1.76. The van der Waals surface area contributed by atoms with Crippen molar-refractivity contribution in [2.24, 2.45) is 0 Å². The van der Waals surface area contributed by atoms with Gasteiger partial charge in [0, 0.05) is 5.69 Å². The van der Waals surface area contributed by atoms with Crippen molar-refractivity contribution in [1.82, 2.24) is 0 Å². The van der Waals surface area contributed by atoms with Crippen molar-refractivity contribution >= 4 is 5.69 Å². The van der Waals surface area contributed by atoms with Gasteiger partial charge in [0.2, 0.25) is 0 Å². The summed E-state index contributed by atoms with van der Waals surface area (Å²) in [6, 6.07) is 7.47. The topological polar surface area (TPSA) is 59.0 Å². The molecule has 0 spiro atoms. The number of nitriles is 1. The van der Waals surface area contributed by atoms with Crippen LogP contribution < -0.4 is 10.5 Å². The number of anilines is 1. The van der Waals surface area contributed by atoms with Crippen LogP contribution in [-0.2, 0) is 6.42 Å². The SMILES string of the molecule is CC(C)Oc1ccc(N)c(CC#N)c1. The van der Waals surface area contributed by atoms with Gasteiger partial charge in [-0.25, -0.2) is 0 Å². The third kappa shape index (κ3) is 2.67. The van der Waals surface area contributed by atoms with Gasteiger partial charge in [0.15, 0.2) is 0 Å². The maximum atomic E-state index is 8.57. The van der Waals surface area contributed by atoms with E-state index in [0.717, 1.165) is 11.3 Å². The summed E-state index contributed by atoms with van der Waals surface area (Å²) < 4.78 is 5.49. The summed E-state index contributed by atoms with van der Waals surface area (Å²) in [5, 5.41) is 8.57. The Labute approximate surface area is 84.1 Å². The summed E-state index contributed by atoms with van der Waals surface area (Å²) >= 11 is 0. The number of ether oxygens (including phenoxy) is 1. The molecule has 14 heavy (non-hydrogen) atoms. The van der Waals surface area contributed by atoms with Crippen molar-refractivity contribution < 1.29 is 4.74 Å². The summed E-state index contributed by atoms with van der Waals surface area (Å²) in [7, 11) is 0. The molecule has 0 aromatic heterocycles. The predicted octanol–water partition coefficient (Wildman–Crippen LogP) is 2.12. The van der Waals surface area contributed by atoms with Gasteiger partial charge in [-0.2, -0.15) is 5.26 Å². The lowest BCUT2D eigenvalue weighted by Crippen LogP contribution is -2.06. The van der Waals surface area contributed by atoms with E-state index in [0.29, 0.717) is 12.1 Å². The van der Waals surface area contributed by atoms with Crippen LogP contribution in [-0.4, -0.2) is 6.10 Å². The van der Waals surface area contributed by atoms with Gasteiger partial charge >= 0.3 is 0 Å². The van der Waals surface area contributed by atoms with Gasteiger partial charge in [0.05, 0.1) is 18.6 Å². The van der Waals surface area contributed by atoms with Crippen LogP contribution in [0.5, 0.6) is 5.75 Å². The molecule has 0 fully saturated rings. The first kappa shape index (κ1) is 10.4. The Morgan fingerprint density at radius 3 is 2.79 bits per heavy atom. The van der Waals surface area contributed by atoms with Crippen molar-refractivity contribution in [2.75, 3.05) is 5.73 Å². The Balaban J connectivity index is 2.89. The molecule has 0 bridgehead atoms. The Morgan fingerprint density at radius 1 is 1.50 bits per heavy atom. The molecule has 74 valence electrons. The maximum Gasteiger partial charge on any atom is 0.120 e. The average Bonchev–Trinajstić information content (AvgIpc) is 2.10. The molecule has 0 aliphatic heterocycles. The van der Waals surface area contributed by atoms with Crippen LogP contribution in [0.3, 0.4) is 0 Å². The van der Waals surface area contributed by atoms with E-state index in [-0.39, 0.29) is 6.10 Å². The highest BCUT2D eigenvalue weighted by Gasteiger charge is 2.02. The summed E-state index contributed by atoms with van der Waals surface area (Å²) in [5.41, 5.74) is 7.17. The number of rotatable bonds is 3. The van der Waals surface area contributed by atoms with Crippen molar-refractivity contribution in [2.45, 2.75) is 26.4 Å². The molecular weight excluding hydrogens is 176 g/mol. The number of nitrogens with two attached hydrogens (primary N) is 1. The lowest BCUT2D eigenvalue weighted by atomic mass is 10.1. The second-order valence-corrected chi connectivity index (χ2v) is 3.36. The van der Waals surface area contributed by atoms with Gasteiger partial charge in [-0.3, -0.25) is 0 Å². The zero-order valence-corrected chi connectivity index (χ0v) is 8.45. The zero-order valence-electron chi connectivity index (χ0n) is 8.45. The molecule has 0 atom stereocenters. The fourth-order valence-electron chi connectivity index (χ4n) is 1.17. The van der Waals surface area contributed by atoms with E-state index in [2.05, 4.69) is 6.07 Å². The molecule has 0 heterocycles. The fraction of sp³-hybridized carbons (Fsp3) is 0.364. The van der Waals surface area contributed by atoms with Crippen LogP contribution >= 0.6 is 0 Å². The molecule has 2 N–H and O–H groups in total. The Bertz CT molecular complexity index is 353. The highest BCUT2D eigenvalue weighted by atomic mass is 16.5. The first-order valence-corrected chi connectivity index (χ1v) is 4.55. The smallest absolute Gasteiger partial charge is 0.120 e. The minimum Gasteiger partial charge on any atom is -0.491 e. The van der Waals surface area contributed by atoms with Gasteiger partial charge < -0.3 is 10.5 Å². The van der Waals surface area contributed by atoms with E-state index >= 15 is 0 Å². The Kier molecular flexibility index (Phi) is 3.35. The monoisotopic (exact) mass is 190 g/mol. The zero-order chi connectivity index (χ0) is 10.6. The largest absolute Gasteiger partial charge is 0.491 e. The maximum absolute atomic E-state index is 8.57. The van der Waals surface area contributed by atoms with Gasteiger partial charge in [-0.1, -0.05) is 0 Å². The average molecular weight is 190 g/mol. The molecule has 1 aromatic carbocycles. The molecule has 0 saturated carbocycles. The van der Waals surface area contributed by atoms with E-state index in [1.54, 1.807) is 6.07 Å². The quantitative estimate of drug-likeness (QED) is 0.743. The molecule has 0 amide bonds. The molecular formula is C11H14N2O. The van der Waals surface area contributed by atoms with Crippen molar-refractivity contribution in [1.29, 1.82) is 5.26 Å². The van der Waals surface area contributed by atoms with E-state index in [9.17, 15) is 0 Å². The number of hydrogen-bond acceptors (Lipinski definition) is 3. The number of hydrogen-bond donors (Lipinski definition) is 1. The second-order valence-electron chi connectivity index (χ2n) is 3.36. The van der Waals surface area contributed by atoms with Crippen LogP contribution in [0.25, 0.3) is 0 Å². The predicted molar refractivity (Wildman–Crippen MR) is 55.9 cm³/mol. The Morgan fingerprint density at radius 2 is 2.21 bits per heavy atom. The summed E-state index contributed by atoms with van der Waals surface area (Å²) in [6.45, 7) is 3.92. The number of nitrogens with zero attached hydrogens (tertiary/aromatic N) is 1. The highest BCUT2D eigenvalue weighted by molar-refractivity contribution is 5.51. The van der Waals surface area contributed by atoms with E-state index in [4.69, 9.17) is 15.7 Å². The minimum absolute atomic E-state index is 0.133. The van der Waals surface area contributed by atoms with Crippen molar-refractivity contribution in [3.8, 4) is 11.8 Å².